The maximum Gasteiger partial charge on any atom is 0.235 e. The Morgan fingerprint density at radius 3 is 2.40 bits per heavy atom. The number of amides is 1. The van der Waals surface area contributed by atoms with Gasteiger partial charge in [0.25, 0.3) is 0 Å². The molecule has 0 radical (unpaired) electrons. The van der Waals surface area contributed by atoms with Crippen molar-refractivity contribution in [1.82, 2.24) is 4.90 Å². The van der Waals surface area contributed by atoms with Crippen LogP contribution in [0.3, 0.4) is 0 Å². The maximum absolute atomic E-state index is 11.9. The lowest BCUT2D eigenvalue weighted by atomic mass is 10.1. The van der Waals surface area contributed by atoms with Crippen LogP contribution in [0.15, 0.2) is 0 Å². The van der Waals surface area contributed by atoms with Gasteiger partial charge in [-0.3, -0.25) is 4.79 Å². The van der Waals surface area contributed by atoms with E-state index in [0.29, 0.717) is 5.92 Å². The first-order valence-electron chi connectivity index (χ1n) is 5.95. The standard InChI is InChI=1S/C12H23NOS/c1-9(2)11(15)12(14)13(3)8-10-6-4-5-7-10/h9-11,15H,4-8H2,1-3H3. The van der Waals surface area contributed by atoms with Crippen molar-refractivity contribution in [3.8, 4) is 0 Å². The molecule has 15 heavy (non-hydrogen) atoms. The van der Waals surface area contributed by atoms with Crippen LogP contribution >= 0.6 is 12.6 Å². The highest BCUT2D eigenvalue weighted by Crippen LogP contribution is 2.25. The second kappa shape index (κ2) is 5.78. The number of carbonyl (C=O) groups excluding carboxylic acids is 1. The molecule has 1 fully saturated rings. The van der Waals surface area contributed by atoms with Gasteiger partial charge >= 0.3 is 0 Å². The summed E-state index contributed by atoms with van der Waals surface area (Å²) in [6.07, 6.45) is 5.25. The predicted octanol–water partition coefficient (Wildman–Crippen LogP) is 2.59. The van der Waals surface area contributed by atoms with Crippen LogP contribution in [-0.4, -0.2) is 29.6 Å². The normalized spacial score (nSPS) is 19.5. The highest BCUT2D eigenvalue weighted by atomic mass is 32.1. The first-order valence-corrected chi connectivity index (χ1v) is 6.47. The van der Waals surface area contributed by atoms with E-state index in [0.717, 1.165) is 12.5 Å². The molecule has 0 saturated heterocycles. The number of hydrogen-bond donors (Lipinski definition) is 1. The summed E-state index contributed by atoms with van der Waals surface area (Å²) in [5, 5.41) is -0.142. The summed E-state index contributed by atoms with van der Waals surface area (Å²) < 4.78 is 0. The van der Waals surface area contributed by atoms with Gasteiger partial charge in [0.1, 0.15) is 0 Å². The van der Waals surface area contributed by atoms with E-state index in [-0.39, 0.29) is 11.2 Å². The van der Waals surface area contributed by atoms with Crippen molar-refractivity contribution in [3.63, 3.8) is 0 Å². The fourth-order valence-electron chi connectivity index (χ4n) is 2.18. The molecule has 0 spiro atoms. The van der Waals surface area contributed by atoms with Crippen molar-refractivity contribution >= 4 is 18.5 Å². The fourth-order valence-corrected chi connectivity index (χ4v) is 2.38. The summed E-state index contributed by atoms with van der Waals surface area (Å²) in [4.78, 5) is 13.8. The molecule has 1 aliphatic rings. The minimum atomic E-state index is -0.142. The third kappa shape index (κ3) is 3.71. The van der Waals surface area contributed by atoms with Crippen molar-refractivity contribution < 1.29 is 4.79 Å². The predicted molar refractivity (Wildman–Crippen MR) is 67.2 cm³/mol. The molecule has 0 aromatic rings. The monoisotopic (exact) mass is 229 g/mol. The van der Waals surface area contributed by atoms with Gasteiger partial charge < -0.3 is 4.90 Å². The largest absolute Gasteiger partial charge is 0.345 e. The number of rotatable bonds is 4. The second-order valence-electron chi connectivity index (χ2n) is 5.06. The van der Waals surface area contributed by atoms with Crippen molar-refractivity contribution in [2.24, 2.45) is 11.8 Å². The van der Waals surface area contributed by atoms with E-state index in [1.807, 2.05) is 25.8 Å². The molecule has 1 saturated carbocycles. The Hall–Kier alpha value is -0.180. The molecule has 1 amide bonds. The average molecular weight is 229 g/mol. The molecule has 0 aromatic heterocycles. The summed E-state index contributed by atoms with van der Waals surface area (Å²) in [5.41, 5.74) is 0. The Balaban J connectivity index is 2.38. The van der Waals surface area contributed by atoms with Gasteiger partial charge in [-0.15, -0.1) is 0 Å². The van der Waals surface area contributed by atoms with Gasteiger partial charge in [-0.2, -0.15) is 12.6 Å². The van der Waals surface area contributed by atoms with E-state index in [9.17, 15) is 4.79 Å². The highest BCUT2D eigenvalue weighted by molar-refractivity contribution is 7.81. The molecule has 0 bridgehead atoms. The molecule has 1 rings (SSSR count). The van der Waals surface area contributed by atoms with Gasteiger partial charge in [-0.25, -0.2) is 0 Å². The van der Waals surface area contributed by atoms with E-state index < -0.39 is 0 Å². The molecule has 0 N–H and O–H groups in total. The lowest BCUT2D eigenvalue weighted by Gasteiger charge is -2.25. The van der Waals surface area contributed by atoms with Gasteiger partial charge in [0.2, 0.25) is 5.91 Å². The van der Waals surface area contributed by atoms with Gasteiger partial charge in [0.05, 0.1) is 5.25 Å². The van der Waals surface area contributed by atoms with Crippen LogP contribution in [0, 0.1) is 11.8 Å². The SMILES string of the molecule is CC(C)C(S)C(=O)N(C)CC1CCCC1. The average Bonchev–Trinajstić information content (AvgIpc) is 2.67. The summed E-state index contributed by atoms with van der Waals surface area (Å²) in [6, 6.07) is 0. The van der Waals surface area contributed by atoms with Gasteiger partial charge in [-0.05, 0) is 24.7 Å². The van der Waals surface area contributed by atoms with Crippen LogP contribution in [-0.2, 0) is 4.79 Å². The van der Waals surface area contributed by atoms with Gasteiger partial charge in [-0.1, -0.05) is 26.7 Å². The lowest BCUT2D eigenvalue weighted by molar-refractivity contribution is -0.130. The van der Waals surface area contributed by atoms with Crippen molar-refractivity contribution in [2.45, 2.75) is 44.8 Å². The minimum Gasteiger partial charge on any atom is -0.345 e. The molecule has 1 atom stereocenters. The molecular formula is C12H23NOS. The third-order valence-electron chi connectivity index (χ3n) is 3.27. The Kier molecular flexibility index (Phi) is 4.97. The lowest BCUT2D eigenvalue weighted by Crippen LogP contribution is -2.38. The maximum atomic E-state index is 11.9. The number of hydrogen-bond acceptors (Lipinski definition) is 2. The van der Waals surface area contributed by atoms with Gasteiger partial charge in [0, 0.05) is 13.6 Å². The zero-order valence-electron chi connectivity index (χ0n) is 10.1. The zero-order valence-corrected chi connectivity index (χ0v) is 11.0. The van der Waals surface area contributed by atoms with Crippen molar-refractivity contribution in [1.29, 1.82) is 0 Å². The van der Waals surface area contributed by atoms with Crippen molar-refractivity contribution in [2.75, 3.05) is 13.6 Å². The van der Waals surface area contributed by atoms with E-state index in [1.165, 1.54) is 25.7 Å². The van der Waals surface area contributed by atoms with E-state index in [2.05, 4.69) is 12.6 Å². The van der Waals surface area contributed by atoms with E-state index in [1.54, 1.807) is 0 Å². The van der Waals surface area contributed by atoms with Crippen LogP contribution in [0.4, 0.5) is 0 Å². The number of nitrogens with zero attached hydrogens (tertiary/aromatic N) is 1. The van der Waals surface area contributed by atoms with Crippen LogP contribution in [0.25, 0.3) is 0 Å². The van der Waals surface area contributed by atoms with Crippen LogP contribution in [0.5, 0.6) is 0 Å². The molecule has 1 aliphatic carbocycles. The summed E-state index contributed by atoms with van der Waals surface area (Å²) in [7, 11) is 1.91. The minimum absolute atomic E-state index is 0.142. The Bertz CT molecular complexity index is 212. The number of thiol groups is 1. The first kappa shape index (κ1) is 12.9. The topological polar surface area (TPSA) is 20.3 Å². The highest BCUT2D eigenvalue weighted by Gasteiger charge is 2.24. The summed E-state index contributed by atoms with van der Waals surface area (Å²) in [5.74, 6) is 1.22. The third-order valence-corrected chi connectivity index (χ3v) is 4.08. The Morgan fingerprint density at radius 2 is 1.93 bits per heavy atom. The molecular weight excluding hydrogens is 206 g/mol. The quantitative estimate of drug-likeness (QED) is 0.735. The Labute approximate surface area is 98.8 Å². The van der Waals surface area contributed by atoms with Crippen LogP contribution < -0.4 is 0 Å². The molecule has 0 aromatic carbocycles. The van der Waals surface area contributed by atoms with E-state index >= 15 is 0 Å². The molecule has 0 aliphatic heterocycles. The first-order chi connectivity index (χ1) is 7.02. The van der Waals surface area contributed by atoms with E-state index in [4.69, 9.17) is 0 Å². The number of carbonyl (C=O) groups is 1. The van der Waals surface area contributed by atoms with Crippen LogP contribution in [0.1, 0.15) is 39.5 Å². The fraction of sp³-hybridized carbons (Fsp3) is 0.917. The van der Waals surface area contributed by atoms with Gasteiger partial charge in [0.15, 0.2) is 0 Å². The molecule has 2 nitrogen and oxygen atoms in total. The van der Waals surface area contributed by atoms with Crippen molar-refractivity contribution in [3.05, 3.63) is 0 Å². The molecule has 1 unspecified atom stereocenters. The second-order valence-corrected chi connectivity index (χ2v) is 5.61. The zero-order chi connectivity index (χ0) is 11.4. The smallest absolute Gasteiger partial charge is 0.235 e. The molecule has 88 valence electrons. The summed E-state index contributed by atoms with van der Waals surface area (Å²) in [6.45, 7) is 5.00. The van der Waals surface area contributed by atoms with Crippen LogP contribution in [0.2, 0.25) is 0 Å². The molecule has 3 heteroatoms. The Morgan fingerprint density at radius 1 is 1.40 bits per heavy atom. The molecule has 0 heterocycles. The summed E-state index contributed by atoms with van der Waals surface area (Å²) >= 11 is 4.36.